The van der Waals surface area contributed by atoms with Gasteiger partial charge < -0.3 is 4.74 Å². The van der Waals surface area contributed by atoms with Gasteiger partial charge in [0.05, 0.1) is 12.1 Å². The number of pyridine rings is 1. The lowest BCUT2D eigenvalue weighted by Gasteiger charge is -2.08. The highest BCUT2D eigenvalue weighted by Crippen LogP contribution is 2.35. The molecule has 1 heterocycles. The van der Waals surface area contributed by atoms with E-state index in [0.29, 0.717) is 0 Å². The van der Waals surface area contributed by atoms with Gasteiger partial charge in [-0.3, -0.25) is 0 Å². The Morgan fingerprint density at radius 3 is 2.69 bits per heavy atom. The van der Waals surface area contributed by atoms with Crippen molar-refractivity contribution in [2.75, 3.05) is 7.11 Å². The molecule has 0 atom stereocenters. The van der Waals surface area contributed by atoms with Crippen molar-refractivity contribution >= 4 is 27.5 Å². The topological polar surface area (TPSA) is 22.1 Å². The average molecular weight is 272 g/mol. The van der Waals surface area contributed by atoms with Crippen LogP contribution in [0.15, 0.2) is 10.7 Å². The van der Waals surface area contributed by atoms with Gasteiger partial charge in [-0.1, -0.05) is 11.6 Å². The fourth-order valence-corrected chi connectivity index (χ4v) is 1.67. The molecule has 1 aromatic heterocycles. The van der Waals surface area contributed by atoms with E-state index in [1.165, 1.54) is 13.2 Å². The fraction of sp³-hybridized carbons (Fsp3) is 0.286. The molecular formula is C7H5BrClF2NO. The normalized spacial score (nSPS) is 10.6. The Balaban J connectivity index is 3.29. The van der Waals surface area contributed by atoms with E-state index >= 15 is 0 Å². The van der Waals surface area contributed by atoms with Crippen molar-refractivity contribution in [1.29, 1.82) is 0 Å². The lowest BCUT2D eigenvalue weighted by Crippen LogP contribution is -1.97. The van der Waals surface area contributed by atoms with E-state index in [2.05, 4.69) is 20.9 Å². The van der Waals surface area contributed by atoms with E-state index in [1.54, 1.807) is 0 Å². The summed E-state index contributed by atoms with van der Waals surface area (Å²) in [4.78, 5) is 3.56. The van der Waals surface area contributed by atoms with Gasteiger partial charge in [-0.05, 0) is 22.0 Å². The molecule has 1 aromatic rings. The molecule has 0 saturated heterocycles. The SMILES string of the molecule is COc1c(Cl)cc(Br)nc1C(F)F. The standard InChI is InChI=1S/C7H5BrClF2NO/c1-13-6-3(9)2-4(8)12-5(6)7(10)11/h2,7H,1H3. The van der Waals surface area contributed by atoms with Gasteiger partial charge in [0.1, 0.15) is 4.60 Å². The van der Waals surface area contributed by atoms with Crippen molar-refractivity contribution in [3.8, 4) is 5.75 Å². The molecule has 0 bridgehead atoms. The number of ether oxygens (including phenoxy) is 1. The Bertz CT molecular complexity index is 322. The predicted molar refractivity (Wildman–Crippen MR) is 48.5 cm³/mol. The van der Waals surface area contributed by atoms with Crippen LogP contribution in [0.5, 0.6) is 5.75 Å². The lowest BCUT2D eigenvalue weighted by atomic mass is 10.3. The van der Waals surface area contributed by atoms with Crippen molar-refractivity contribution in [1.82, 2.24) is 4.98 Å². The number of methoxy groups -OCH3 is 1. The van der Waals surface area contributed by atoms with Crippen LogP contribution >= 0.6 is 27.5 Å². The Hall–Kier alpha value is -0.420. The number of halogens is 4. The largest absolute Gasteiger partial charge is 0.493 e. The zero-order chi connectivity index (χ0) is 10.0. The summed E-state index contributed by atoms with van der Waals surface area (Å²) in [6, 6.07) is 1.40. The minimum atomic E-state index is -2.70. The van der Waals surface area contributed by atoms with E-state index in [1.807, 2.05) is 0 Å². The first kappa shape index (κ1) is 10.7. The molecule has 0 amide bonds. The van der Waals surface area contributed by atoms with Gasteiger partial charge in [0.25, 0.3) is 6.43 Å². The molecule has 0 unspecified atom stereocenters. The van der Waals surface area contributed by atoms with Gasteiger partial charge in [0.15, 0.2) is 11.4 Å². The highest BCUT2D eigenvalue weighted by atomic mass is 79.9. The van der Waals surface area contributed by atoms with Crippen LogP contribution in [0.2, 0.25) is 5.02 Å². The van der Waals surface area contributed by atoms with Gasteiger partial charge >= 0.3 is 0 Å². The Morgan fingerprint density at radius 1 is 1.62 bits per heavy atom. The van der Waals surface area contributed by atoms with Crippen LogP contribution in [-0.4, -0.2) is 12.1 Å². The maximum atomic E-state index is 12.4. The molecule has 0 N–H and O–H groups in total. The minimum absolute atomic E-state index is 0.0835. The zero-order valence-electron chi connectivity index (χ0n) is 6.52. The van der Waals surface area contributed by atoms with Crippen LogP contribution in [0.3, 0.4) is 0 Å². The molecule has 0 fully saturated rings. The summed E-state index contributed by atoms with van der Waals surface area (Å²) in [7, 11) is 1.27. The molecule has 0 spiro atoms. The lowest BCUT2D eigenvalue weighted by molar-refractivity contribution is 0.141. The summed E-state index contributed by atoms with van der Waals surface area (Å²) in [5.41, 5.74) is -0.457. The summed E-state index contributed by atoms with van der Waals surface area (Å²) in [5.74, 6) is -0.0835. The third-order valence-corrected chi connectivity index (χ3v) is 2.02. The molecule has 0 aliphatic heterocycles. The molecule has 0 radical (unpaired) electrons. The second kappa shape index (κ2) is 4.19. The minimum Gasteiger partial charge on any atom is -0.493 e. The van der Waals surface area contributed by atoms with E-state index < -0.39 is 12.1 Å². The summed E-state index contributed by atoms with van der Waals surface area (Å²) >= 11 is 8.61. The molecule has 6 heteroatoms. The molecule has 13 heavy (non-hydrogen) atoms. The van der Waals surface area contributed by atoms with Crippen molar-refractivity contribution in [2.24, 2.45) is 0 Å². The average Bonchev–Trinajstić information content (AvgIpc) is 2.02. The molecule has 2 nitrogen and oxygen atoms in total. The van der Waals surface area contributed by atoms with Crippen molar-refractivity contribution in [2.45, 2.75) is 6.43 Å². The molecule has 0 aliphatic carbocycles. The van der Waals surface area contributed by atoms with Gasteiger partial charge in [0, 0.05) is 0 Å². The number of alkyl halides is 2. The number of nitrogens with zero attached hydrogens (tertiary/aromatic N) is 1. The Morgan fingerprint density at radius 2 is 2.23 bits per heavy atom. The number of hydrogen-bond acceptors (Lipinski definition) is 2. The molecule has 1 rings (SSSR count). The van der Waals surface area contributed by atoms with Crippen molar-refractivity contribution < 1.29 is 13.5 Å². The molecule has 0 saturated carbocycles. The van der Waals surface area contributed by atoms with Crippen LogP contribution in [0.1, 0.15) is 12.1 Å². The van der Waals surface area contributed by atoms with Gasteiger partial charge in [-0.25, -0.2) is 13.8 Å². The number of rotatable bonds is 2. The molecule has 0 aromatic carbocycles. The van der Waals surface area contributed by atoms with Crippen molar-refractivity contribution in [3.05, 3.63) is 21.4 Å². The van der Waals surface area contributed by atoms with Crippen LogP contribution in [-0.2, 0) is 0 Å². The fourth-order valence-electron chi connectivity index (χ4n) is 0.841. The second-order valence-electron chi connectivity index (χ2n) is 2.15. The Labute approximate surface area is 87.0 Å². The van der Waals surface area contributed by atoms with E-state index in [9.17, 15) is 8.78 Å². The first-order valence-corrected chi connectivity index (χ1v) is 4.41. The summed E-state index contributed by atoms with van der Waals surface area (Å²) in [6.45, 7) is 0. The van der Waals surface area contributed by atoms with Gasteiger partial charge in [-0.15, -0.1) is 0 Å². The third-order valence-electron chi connectivity index (χ3n) is 1.33. The summed E-state index contributed by atoms with van der Waals surface area (Å²) < 4.78 is 29.7. The monoisotopic (exact) mass is 271 g/mol. The van der Waals surface area contributed by atoms with Crippen LogP contribution in [0.4, 0.5) is 8.78 Å². The first-order chi connectivity index (χ1) is 6.06. The van der Waals surface area contributed by atoms with Crippen LogP contribution in [0.25, 0.3) is 0 Å². The van der Waals surface area contributed by atoms with Gasteiger partial charge in [0.2, 0.25) is 0 Å². The number of hydrogen-bond donors (Lipinski definition) is 0. The maximum absolute atomic E-state index is 12.4. The van der Waals surface area contributed by atoms with E-state index in [-0.39, 0.29) is 15.4 Å². The highest BCUT2D eigenvalue weighted by molar-refractivity contribution is 9.10. The van der Waals surface area contributed by atoms with E-state index in [0.717, 1.165) is 0 Å². The third kappa shape index (κ3) is 2.28. The second-order valence-corrected chi connectivity index (χ2v) is 3.37. The van der Waals surface area contributed by atoms with Crippen LogP contribution < -0.4 is 4.74 Å². The van der Waals surface area contributed by atoms with Crippen molar-refractivity contribution in [3.63, 3.8) is 0 Å². The molecule has 72 valence electrons. The zero-order valence-corrected chi connectivity index (χ0v) is 8.86. The highest BCUT2D eigenvalue weighted by Gasteiger charge is 2.19. The van der Waals surface area contributed by atoms with Crippen LogP contribution in [0, 0.1) is 0 Å². The number of aromatic nitrogens is 1. The van der Waals surface area contributed by atoms with E-state index in [4.69, 9.17) is 16.3 Å². The smallest absolute Gasteiger partial charge is 0.284 e. The molecule has 0 aliphatic rings. The van der Waals surface area contributed by atoms with Gasteiger partial charge in [-0.2, -0.15) is 0 Å². The maximum Gasteiger partial charge on any atom is 0.284 e. The summed E-state index contributed by atoms with van der Waals surface area (Å²) in [5, 5.41) is 0.111. The summed E-state index contributed by atoms with van der Waals surface area (Å²) in [6.07, 6.45) is -2.70. The quantitative estimate of drug-likeness (QED) is 0.769. The molecular weight excluding hydrogens is 267 g/mol. The Kier molecular flexibility index (Phi) is 3.44. The predicted octanol–water partition coefficient (Wildman–Crippen LogP) is 3.44. The first-order valence-electron chi connectivity index (χ1n) is 3.24.